The van der Waals surface area contributed by atoms with Crippen molar-refractivity contribution in [1.29, 1.82) is 0 Å². The Morgan fingerprint density at radius 1 is 1.04 bits per heavy atom. The molecule has 4 nitrogen and oxygen atoms in total. The number of rotatable bonds is 2. The van der Waals surface area contributed by atoms with Gasteiger partial charge in [0, 0.05) is 37.8 Å². The van der Waals surface area contributed by atoms with Gasteiger partial charge >= 0.3 is 0 Å². The molecule has 23 heavy (non-hydrogen) atoms. The summed E-state index contributed by atoms with van der Waals surface area (Å²) in [5, 5.41) is 3.42. The third-order valence-corrected chi connectivity index (χ3v) is 6.02. The highest BCUT2D eigenvalue weighted by Crippen LogP contribution is 2.59. The fourth-order valence-electron chi connectivity index (χ4n) is 4.43. The van der Waals surface area contributed by atoms with Crippen LogP contribution in [0.1, 0.15) is 25.7 Å². The highest BCUT2D eigenvalue weighted by molar-refractivity contribution is 5.83. The molecule has 0 radical (unpaired) electrons. The number of hydrogen-bond donors (Lipinski definition) is 1. The van der Waals surface area contributed by atoms with Crippen LogP contribution in [0.5, 0.6) is 0 Å². The van der Waals surface area contributed by atoms with Crippen molar-refractivity contribution >= 4 is 11.6 Å². The summed E-state index contributed by atoms with van der Waals surface area (Å²) in [6, 6.07) is 10.6. The molecule has 3 aliphatic rings. The Bertz CT molecular complexity index is 553. The van der Waals surface area contributed by atoms with Crippen LogP contribution in [0.2, 0.25) is 0 Å². The van der Waals surface area contributed by atoms with Crippen molar-refractivity contribution in [2.24, 2.45) is 11.3 Å². The van der Waals surface area contributed by atoms with E-state index in [1.165, 1.54) is 18.5 Å². The summed E-state index contributed by atoms with van der Waals surface area (Å²) in [5.74, 6) is 0.745. The summed E-state index contributed by atoms with van der Waals surface area (Å²) in [6.45, 7) is 5.98. The largest absolute Gasteiger partial charge is 0.370 e. The normalized spacial score (nSPS) is 26.9. The molecule has 1 saturated carbocycles. The maximum Gasteiger partial charge on any atom is 0.226 e. The number of amides is 1. The van der Waals surface area contributed by atoms with E-state index in [0.29, 0.717) is 17.2 Å². The van der Waals surface area contributed by atoms with Crippen molar-refractivity contribution in [3.05, 3.63) is 30.3 Å². The van der Waals surface area contributed by atoms with Crippen LogP contribution < -0.4 is 10.2 Å². The van der Waals surface area contributed by atoms with Crippen molar-refractivity contribution in [2.75, 3.05) is 44.2 Å². The summed E-state index contributed by atoms with van der Waals surface area (Å²) >= 11 is 0. The predicted molar refractivity (Wildman–Crippen MR) is 92.5 cm³/mol. The van der Waals surface area contributed by atoms with Gasteiger partial charge in [0.2, 0.25) is 5.91 Å². The van der Waals surface area contributed by atoms with Crippen LogP contribution >= 0.6 is 0 Å². The first-order valence-corrected chi connectivity index (χ1v) is 9.08. The lowest BCUT2D eigenvalue weighted by molar-refractivity contribution is -0.133. The molecule has 2 aliphatic heterocycles. The molecule has 0 bridgehead atoms. The molecule has 1 aromatic rings. The Morgan fingerprint density at radius 2 is 1.83 bits per heavy atom. The Balaban J connectivity index is 1.37. The zero-order chi connectivity index (χ0) is 15.7. The summed E-state index contributed by atoms with van der Waals surface area (Å²) in [4.78, 5) is 17.5. The van der Waals surface area contributed by atoms with Crippen molar-refractivity contribution in [3.8, 4) is 0 Å². The fraction of sp³-hybridized carbons (Fsp3) is 0.632. The predicted octanol–water partition coefficient (Wildman–Crippen LogP) is 2.11. The van der Waals surface area contributed by atoms with E-state index in [0.717, 1.165) is 52.1 Å². The van der Waals surface area contributed by atoms with E-state index in [9.17, 15) is 4.79 Å². The van der Waals surface area contributed by atoms with E-state index in [4.69, 9.17) is 0 Å². The van der Waals surface area contributed by atoms with Gasteiger partial charge in [-0.3, -0.25) is 4.79 Å². The number of nitrogens with zero attached hydrogens (tertiary/aromatic N) is 2. The number of carbonyl (C=O) groups is 1. The third-order valence-electron chi connectivity index (χ3n) is 6.02. The molecular formula is C19H27N3O. The Kier molecular flexibility index (Phi) is 4.02. The summed E-state index contributed by atoms with van der Waals surface area (Å²) < 4.78 is 0. The molecule has 0 aromatic heterocycles. The lowest BCUT2D eigenvalue weighted by Gasteiger charge is -2.26. The van der Waals surface area contributed by atoms with Crippen molar-refractivity contribution in [1.82, 2.24) is 10.2 Å². The molecule has 1 aromatic carbocycles. The Hall–Kier alpha value is -1.55. The van der Waals surface area contributed by atoms with Gasteiger partial charge in [-0.2, -0.15) is 0 Å². The van der Waals surface area contributed by atoms with Gasteiger partial charge in [0.05, 0.1) is 0 Å². The van der Waals surface area contributed by atoms with Gasteiger partial charge in [0.1, 0.15) is 0 Å². The topological polar surface area (TPSA) is 35.6 Å². The number of piperidine rings is 1. The fourth-order valence-corrected chi connectivity index (χ4v) is 4.43. The minimum absolute atomic E-state index is 0.313. The molecule has 1 atom stereocenters. The third kappa shape index (κ3) is 2.97. The van der Waals surface area contributed by atoms with Gasteiger partial charge in [0.15, 0.2) is 0 Å². The van der Waals surface area contributed by atoms with Crippen molar-refractivity contribution in [2.45, 2.75) is 25.7 Å². The van der Waals surface area contributed by atoms with E-state index >= 15 is 0 Å². The molecule has 1 amide bonds. The molecule has 4 heteroatoms. The van der Waals surface area contributed by atoms with Crippen molar-refractivity contribution < 1.29 is 4.79 Å². The minimum Gasteiger partial charge on any atom is -0.370 e. The minimum atomic E-state index is 0.313. The second-order valence-electron chi connectivity index (χ2n) is 7.37. The van der Waals surface area contributed by atoms with Gasteiger partial charge in [-0.1, -0.05) is 18.2 Å². The van der Waals surface area contributed by atoms with Crippen LogP contribution in [0.3, 0.4) is 0 Å². The van der Waals surface area contributed by atoms with Crippen LogP contribution in [0, 0.1) is 11.3 Å². The smallest absolute Gasteiger partial charge is 0.226 e. The molecule has 2 heterocycles. The molecule has 2 saturated heterocycles. The van der Waals surface area contributed by atoms with E-state index in [2.05, 4.69) is 45.4 Å². The van der Waals surface area contributed by atoms with Crippen LogP contribution in [0.4, 0.5) is 5.69 Å². The number of carbonyl (C=O) groups excluding carboxylic acids is 1. The first kappa shape index (κ1) is 15.0. The van der Waals surface area contributed by atoms with Gasteiger partial charge in [0.25, 0.3) is 0 Å². The molecule has 1 spiro atoms. The summed E-state index contributed by atoms with van der Waals surface area (Å²) in [6.07, 6.45) is 4.58. The lowest BCUT2D eigenvalue weighted by Crippen LogP contribution is -2.38. The van der Waals surface area contributed by atoms with Gasteiger partial charge in [-0.05, 0) is 56.3 Å². The highest BCUT2D eigenvalue weighted by atomic mass is 16.2. The van der Waals surface area contributed by atoms with Crippen molar-refractivity contribution in [3.63, 3.8) is 0 Å². The van der Waals surface area contributed by atoms with Gasteiger partial charge in [-0.25, -0.2) is 0 Å². The Morgan fingerprint density at radius 3 is 2.61 bits per heavy atom. The Labute approximate surface area is 138 Å². The first-order chi connectivity index (χ1) is 11.3. The summed E-state index contributed by atoms with van der Waals surface area (Å²) in [7, 11) is 0. The first-order valence-electron chi connectivity index (χ1n) is 9.08. The zero-order valence-electron chi connectivity index (χ0n) is 13.8. The standard InChI is InChI=1S/C19H27N3O/c23-18(17-15-19(17)7-9-20-10-8-19)22-12-4-11-21(13-14-22)16-5-2-1-3-6-16/h1-3,5-6,17,20H,4,7-15H2. The molecule has 4 rings (SSSR count). The molecule has 1 aliphatic carbocycles. The number of benzene rings is 1. The molecule has 1 unspecified atom stereocenters. The highest BCUT2D eigenvalue weighted by Gasteiger charge is 2.58. The second kappa shape index (κ2) is 6.16. The SMILES string of the molecule is O=C(C1CC12CCNCC2)N1CCCN(c2ccccc2)CC1. The number of nitrogens with one attached hydrogen (secondary N) is 1. The average Bonchev–Trinajstić information content (AvgIpc) is 3.34. The van der Waals surface area contributed by atoms with Crippen LogP contribution in [-0.2, 0) is 4.79 Å². The number of para-hydroxylation sites is 1. The lowest BCUT2D eigenvalue weighted by atomic mass is 9.91. The second-order valence-corrected chi connectivity index (χ2v) is 7.37. The summed E-state index contributed by atoms with van der Waals surface area (Å²) in [5.41, 5.74) is 1.64. The van der Waals surface area contributed by atoms with E-state index in [-0.39, 0.29) is 0 Å². The monoisotopic (exact) mass is 313 g/mol. The maximum absolute atomic E-state index is 12.9. The quantitative estimate of drug-likeness (QED) is 0.908. The zero-order valence-corrected chi connectivity index (χ0v) is 13.8. The van der Waals surface area contributed by atoms with Crippen LogP contribution in [0.15, 0.2) is 30.3 Å². The van der Waals surface area contributed by atoms with Gasteiger partial charge < -0.3 is 15.1 Å². The number of hydrogen-bond acceptors (Lipinski definition) is 3. The van der Waals surface area contributed by atoms with Crippen LogP contribution in [0.25, 0.3) is 0 Å². The average molecular weight is 313 g/mol. The van der Waals surface area contributed by atoms with E-state index in [1.807, 2.05) is 0 Å². The molecular weight excluding hydrogens is 286 g/mol. The van der Waals surface area contributed by atoms with Gasteiger partial charge in [-0.15, -0.1) is 0 Å². The maximum atomic E-state index is 12.9. The number of anilines is 1. The molecule has 124 valence electrons. The molecule has 1 N–H and O–H groups in total. The van der Waals surface area contributed by atoms with Crippen LogP contribution in [-0.4, -0.2) is 50.1 Å². The van der Waals surface area contributed by atoms with E-state index < -0.39 is 0 Å². The molecule has 3 fully saturated rings. The van der Waals surface area contributed by atoms with E-state index in [1.54, 1.807) is 0 Å².